The molecule has 144 valence electrons. The maximum absolute atomic E-state index is 13.0. The van der Waals surface area contributed by atoms with Gasteiger partial charge in [-0.15, -0.1) is 11.3 Å². The van der Waals surface area contributed by atoms with Crippen molar-refractivity contribution in [1.82, 2.24) is 20.5 Å². The van der Waals surface area contributed by atoms with Crippen LogP contribution < -0.4 is 15.5 Å². The number of hydrogen-bond donors (Lipinski definition) is 2. The monoisotopic (exact) mass is 385 g/mol. The number of piperazine rings is 1. The van der Waals surface area contributed by atoms with Gasteiger partial charge in [0.2, 0.25) is 0 Å². The first kappa shape index (κ1) is 17.4. The Balaban J connectivity index is 1.38. The molecule has 0 saturated carbocycles. The van der Waals surface area contributed by atoms with Crippen molar-refractivity contribution >= 4 is 33.0 Å². The molecular weight excluding hydrogens is 358 g/mol. The maximum atomic E-state index is 13.0. The summed E-state index contributed by atoms with van der Waals surface area (Å²) in [5, 5.41) is 10.1. The molecule has 4 fully saturated rings. The van der Waals surface area contributed by atoms with Crippen molar-refractivity contribution in [1.29, 1.82) is 0 Å². The van der Waals surface area contributed by atoms with Crippen LogP contribution in [0.4, 0.5) is 5.69 Å². The molecule has 1 amide bonds. The number of pyridine rings is 1. The predicted octanol–water partition coefficient (Wildman–Crippen LogP) is 1.92. The Hall–Kier alpha value is -1.70. The minimum atomic E-state index is -0.0278. The van der Waals surface area contributed by atoms with E-state index < -0.39 is 0 Å². The molecule has 4 saturated heterocycles. The van der Waals surface area contributed by atoms with Crippen LogP contribution in [-0.2, 0) is 0 Å². The molecule has 0 aromatic carbocycles. The molecule has 2 bridgehead atoms. The van der Waals surface area contributed by atoms with Crippen molar-refractivity contribution in [2.45, 2.75) is 31.8 Å². The predicted molar refractivity (Wildman–Crippen MR) is 110 cm³/mol. The van der Waals surface area contributed by atoms with Gasteiger partial charge in [-0.3, -0.25) is 9.69 Å². The summed E-state index contributed by atoms with van der Waals surface area (Å²) in [6.45, 7) is 8.62. The molecule has 6 rings (SSSR count). The zero-order valence-corrected chi connectivity index (χ0v) is 16.6. The van der Waals surface area contributed by atoms with Crippen molar-refractivity contribution in [2.75, 3.05) is 44.2 Å². The van der Waals surface area contributed by atoms with Gasteiger partial charge in [0.15, 0.2) is 0 Å². The summed E-state index contributed by atoms with van der Waals surface area (Å²) in [6.07, 6.45) is 4.25. The average molecular weight is 386 g/mol. The third-order valence-corrected chi connectivity index (χ3v) is 7.53. The molecule has 2 N–H and O–H groups in total. The number of amides is 1. The Morgan fingerprint density at radius 2 is 2.04 bits per heavy atom. The number of hydrogen-bond acceptors (Lipinski definition) is 6. The highest BCUT2D eigenvalue weighted by atomic mass is 32.1. The largest absolute Gasteiger partial charge is 0.368 e. The van der Waals surface area contributed by atoms with Crippen LogP contribution in [0.5, 0.6) is 0 Å². The van der Waals surface area contributed by atoms with E-state index in [1.54, 1.807) is 11.3 Å². The molecule has 6 heterocycles. The van der Waals surface area contributed by atoms with Gasteiger partial charge in [0, 0.05) is 55.2 Å². The van der Waals surface area contributed by atoms with Crippen LogP contribution in [0.15, 0.2) is 17.6 Å². The molecular formula is C20H27N5OS. The van der Waals surface area contributed by atoms with Gasteiger partial charge in [0.25, 0.3) is 5.91 Å². The quantitative estimate of drug-likeness (QED) is 0.845. The third-order valence-electron chi connectivity index (χ3n) is 6.61. The van der Waals surface area contributed by atoms with Crippen LogP contribution in [-0.4, -0.2) is 67.1 Å². The fraction of sp³-hybridized carbons (Fsp3) is 0.600. The summed E-state index contributed by atoms with van der Waals surface area (Å²) in [5.41, 5.74) is 1.78. The van der Waals surface area contributed by atoms with Crippen molar-refractivity contribution in [3.8, 4) is 0 Å². The molecule has 0 unspecified atom stereocenters. The van der Waals surface area contributed by atoms with Crippen LogP contribution in [0.1, 0.15) is 30.3 Å². The van der Waals surface area contributed by atoms with Gasteiger partial charge in [-0.05, 0) is 44.8 Å². The Morgan fingerprint density at radius 3 is 2.78 bits per heavy atom. The first-order chi connectivity index (χ1) is 13.2. The van der Waals surface area contributed by atoms with Gasteiger partial charge in [0.1, 0.15) is 5.69 Å². The molecule has 0 spiro atoms. The van der Waals surface area contributed by atoms with Gasteiger partial charge >= 0.3 is 0 Å². The lowest BCUT2D eigenvalue weighted by molar-refractivity contribution is 0.0216. The number of nitrogens with one attached hydrogen (secondary N) is 2. The molecule has 4 aliphatic rings. The van der Waals surface area contributed by atoms with Crippen LogP contribution in [0.3, 0.4) is 0 Å². The average Bonchev–Trinajstić information content (AvgIpc) is 3.15. The van der Waals surface area contributed by atoms with E-state index in [1.807, 2.05) is 12.3 Å². The second-order valence-electron chi connectivity index (χ2n) is 8.04. The minimum absolute atomic E-state index is 0.0278. The number of thiophene rings is 1. The topological polar surface area (TPSA) is 60.5 Å². The summed E-state index contributed by atoms with van der Waals surface area (Å²) in [6, 6.07) is 2.65. The Labute approximate surface area is 163 Å². The highest BCUT2D eigenvalue weighted by Crippen LogP contribution is 2.34. The summed E-state index contributed by atoms with van der Waals surface area (Å²) < 4.78 is 1.15. The zero-order valence-electron chi connectivity index (χ0n) is 15.8. The highest BCUT2D eigenvalue weighted by Gasteiger charge is 2.40. The molecule has 7 heteroatoms. The molecule has 2 atom stereocenters. The molecule has 0 aliphatic carbocycles. The summed E-state index contributed by atoms with van der Waals surface area (Å²) in [5.74, 6) is 0.579. The van der Waals surface area contributed by atoms with Crippen LogP contribution in [0, 0.1) is 5.92 Å². The van der Waals surface area contributed by atoms with Crippen molar-refractivity contribution < 1.29 is 4.79 Å². The fourth-order valence-electron chi connectivity index (χ4n) is 4.97. The van der Waals surface area contributed by atoms with E-state index in [4.69, 9.17) is 0 Å². The smallest absolute Gasteiger partial charge is 0.270 e. The minimum Gasteiger partial charge on any atom is -0.368 e. The molecule has 2 aromatic rings. The van der Waals surface area contributed by atoms with Crippen LogP contribution >= 0.6 is 11.3 Å². The Kier molecular flexibility index (Phi) is 4.53. The number of aromatic nitrogens is 1. The van der Waals surface area contributed by atoms with Gasteiger partial charge in [-0.25, -0.2) is 4.98 Å². The van der Waals surface area contributed by atoms with Gasteiger partial charge in [0.05, 0.1) is 10.4 Å². The SMILES string of the molecule is C[C@H]1[C@H](NC(=O)c2cc3c(N4CCNCC4)csc3cn2)C2CCN1CC2. The fourth-order valence-corrected chi connectivity index (χ4v) is 5.88. The highest BCUT2D eigenvalue weighted by molar-refractivity contribution is 7.17. The number of anilines is 1. The van der Waals surface area contributed by atoms with E-state index in [9.17, 15) is 4.79 Å². The van der Waals surface area contributed by atoms with E-state index in [-0.39, 0.29) is 11.9 Å². The zero-order chi connectivity index (χ0) is 18.4. The number of carbonyl (C=O) groups is 1. The molecule has 2 aromatic heterocycles. The normalized spacial score (nSPS) is 30.6. The summed E-state index contributed by atoms with van der Waals surface area (Å²) in [4.78, 5) is 22.4. The molecule has 6 nitrogen and oxygen atoms in total. The number of nitrogens with zero attached hydrogens (tertiary/aromatic N) is 3. The maximum Gasteiger partial charge on any atom is 0.270 e. The number of piperidine rings is 3. The summed E-state index contributed by atoms with van der Waals surface area (Å²) in [7, 11) is 0. The van der Waals surface area contributed by atoms with Crippen LogP contribution in [0.2, 0.25) is 0 Å². The second-order valence-corrected chi connectivity index (χ2v) is 8.95. The molecule has 4 aliphatic heterocycles. The van der Waals surface area contributed by atoms with Crippen molar-refractivity contribution in [3.05, 3.63) is 23.3 Å². The number of rotatable bonds is 3. The standard InChI is InChI=1S/C20H27N5OS/c1-13-19(14-2-6-24(13)7-3-14)23-20(26)16-10-15-17(12-27-18(15)11-22-16)25-8-4-21-5-9-25/h10-14,19,21H,2-9H2,1H3,(H,23,26)/t13-,19-/m0/s1. The number of carbonyl (C=O) groups excluding carboxylic acids is 1. The summed E-state index contributed by atoms with van der Waals surface area (Å²) >= 11 is 1.71. The van der Waals surface area contributed by atoms with E-state index in [2.05, 4.69) is 37.7 Å². The first-order valence-electron chi connectivity index (χ1n) is 10.1. The number of fused-ring (bicyclic) bond motifs is 4. The molecule has 0 radical (unpaired) electrons. The van der Waals surface area contributed by atoms with Gasteiger partial charge < -0.3 is 15.5 Å². The lowest BCUT2D eigenvalue weighted by atomic mass is 9.79. The van der Waals surface area contributed by atoms with Crippen molar-refractivity contribution in [3.63, 3.8) is 0 Å². The molecule has 27 heavy (non-hydrogen) atoms. The van der Waals surface area contributed by atoms with E-state index in [0.29, 0.717) is 17.7 Å². The van der Waals surface area contributed by atoms with Crippen LogP contribution in [0.25, 0.3) is 10.1 Å². The van der Waals surface area contributed by atoms with E-state index in [1.165, 1.54) is 31.6 Å². The second kappa shape index (κ2) is 7.04. The lowest BCUT2D eigenvalue weighted by Crippen LogP contribution is -2.62. The van der Waals surface area contributed by atoms with Gasteiger partial charge in [-0.1, -0.05) is 0 Å². The van der Waals surface area contributed by atoms with Crippen molar-refractivity contribution in [2.24, 2.45) is 5.92 Å². The van der Waals surface area contributed by atoms with Gasteiger partial charge in [-0.2, -0.15) is 0 Å². The third kappa shape index (κ3) is 3.11. The van der Waals surface area contributed by atoms with E-state index >= 15 is 0 Å². The first-order valence-corrected chi connectivity index (χ1v) is 11.0. The van der Waals surface area contributed by atoms with E-state index in [0.717, 1.165) is 36.3 Å². The lowest BCUT2D eigenvalue weighted by Gasteiger charge is -2.49. The Bertz CT molecular complexity index is 836. The Morgan fingerprint density at radius 1 is 1.26 bits per heavy atom.